The lowest BCUT2D eigenvalue weighted by molar-refractivity contribution is -0.384. The van der Waals surface area contributed by atoms with Gasteiger partial charge in [-0.2, -0.15) is 13.2 Å². The quantitative estimate of drug-likeness (QED) is 0.459. The maximum atomic E-state index is 12.0. The van der Waals surface area contributed by atoms with E-state index >= 15 is 0 Å². The Morgan fingerprint density at radius 1 is 1.40 bits per heavy atom. The Hall–Kier alpha value is -0.950. The molecule has 1 rings (SSSR count). The summed E-state index contributed by atoms with van der Waals surface area (Å²) < 4.78 is 35.9. The monoisotopic (exact) mass is 257 g/mol. The average molecular weight is 258 g/mol. The lowest BCUT2D eigenvalue weighted by Crippen LogP contribution is -1.99. The summed E-state index contributed by atoms with van der Waals surface area (Å²) in [4.78, 5) is 9.28. The lowest BCUT2D eigenvalue weighted by Gasteiger charge is -2.06. The Kier molecular flexibility index (Phi) is 3.46. The van der Waals surface area contributed by atoms with Crippen LogP contribution in [0.3, 0.4) is 0 Å². The molecule has 0 radical (unpaired) electrons. The van der Waals surface area contributed by atoms with Gasteiger partial charge in [-0.15, -0.1) is 0 Å². The molecule has 8 heteroatoms. The van der Waals surface area contributed by atoms with E-state index in [2.05, 4.69) is 0 Å². The van der Waals surface area contributed by atoms with Gasteiger partial charge >= 0.3 is 5.51 Å². The number of rotatable bonds is 2. The molecule has 82 valence electrons. The molecule has 3 nitrogen and oxygen atoms in total. The molecular formula is C7H3ClF3NO2S. The molecular weight excluding hydrogens is 255 g/mol. The fourth-order valence-corrected chi connectivity index (χ4v) is 1.64. The predicted molar refractivity (Wildman–Crippen MR) is 50.0 cm³/mol. The van der Waals surface area contributed by atoms with Crippen molar-refractivity contribution in [3.8, 4) is 0 Å². The second-order valence-electron chi connectivity index (χ2n) is 2.42. The largest absolute Gasteiger partial charge is 0.446 e. The van der Waals surface area contributed by atoms with E-state index in [0.717, 1.165) is 18.2 Å². The first-order valence-electron chi connectivity index (χ1n) is 3.49. The lowest BCUT2D eigenvalue weighted by atomic mass is 10.3. The van der Waals surface area contributed by atoms with Gasteiger partial charge in [0.25, 0.3) is 5.69 Å². The molecule has 0 aliphatic heterocycles. The number of nitrogens with zero attached hydrogens (tertiary/aromatic N) is 1. The number of alkyl halides is 3. The van der Waals surface area contributed by atoms with Gasteiger partial charge < -0.3 is 0 Å². The van der Waals surface area contributed by atoms with Crippen molar-refractivity contribution < 1.29 is 18.1 Å². The van der Waals surface area contributed by atoms with Crippen LogP contribution in [0.1, 0.15) is 0 Å². The molecule has 1 aromatic rings. The van der Waals surface area contributed by atoms with Crippen molar-refractivity contribution in [3.63, 3.8) is 0 Å². The van der Waals surface area contributed by atoms with E-state index in [1.807, 2.05) is 0 Å². The van der Waals surface area contributed by atoms with Crippen LogP contribution in [0, 0.1) is 10.1 Å². The summed E-state index contributed by atoms with van der Waals surface area (Å²) in [6.45, 7) is 0. The number of nitro benzene ring substituents is 1. The second kappa shape index (κ2) is 4.28. The van der Waals surface area contributed by atoms with E-state index in [1.54, 1.807) is 0 Å². The molecule has 0 aliphatic rings. The molecule has 1 aromatic carbocycles. The third-order valence-electron chi connectivity index (χ3n) is 1.35. The fraction of sp³-hybridized carbons (Fsp3) is 0.143. The summed E-state index contributed by atoms with van der Waals surface area (Å²) in [6.07, 6.45) is 0. The summed E-state index contributed by atoms with van der Waals surface area (Å²) in [7, 11) is 0. The van der Waals surface area contributed by atoms with Crippen molar-refractivity contribution in [3.05, 3.63) is 33.3 Å². The van der Waals surface area contributed by atoms with E-state index in [4.69, 9.17) is 11.6 Å². The van der Waals surface area contributed by atoms with Crippen LogP contribution in [-0.2, 0) is 0 Å². The van der Waals surface area contributed by atoms with Gasteiger partial charge in [0.2, 0.25) is 0 Å². The summed E-state index contributed by atoms with van der Waals surface area (Å²) in [6, 6.07) is 2.83. The number of hydrogen-bond donors (Lipinski definition) is 0. The average Bonchev–Trinajstić information content (AvgIpc) is 2.05. The van der Waals surface area contributed by atoms with Crippen LogP contribution in [-0.4, -0.2) is 10.4 Å². The minimum atomic E-state index is -4.46. The minimum absolute atomic E-state index is 0.255. The topological polar surface area (TPSA) is 43.1 Å². The summed E-state index contributed by atoms with van der Waals surface area (Å²) >= 11 is 5.05. The summed E-state index contributed by atoms with van der Waals surface area (Å²) in [5, 5.41) is 9.98. The van der Waals surface area contributed by atoms with Gasteiger partial charge in [-0.1, -0.05) is 11.6 Å². The first-order chi connectivity index (χ1) is 6.79. The Labute approximate surface area is 91.4 Å². The number of thioether (sulfide) groups is 1. The summed E-state index contributed by atoms with van der Waals surface area (Å²) in [5.74, 6) is 0. The Bertz CT molecular complexity index is 396. The molecule has 0 unspecified atom stereocenters. The highest BCUT2D eigenvalue weighted by Gasteiger charge is 2.30. The number of halogens is 4. The number of hydrogen-bond acceptors (Lipinski definition) is 3. The first-order valence-corrected chi connectivity index (χ1v) is 4.69. The maximum Gasteiger partial charge on any atom is 0.446 e. The molecule has 0 saturated carbocycles. The second-order valence-corrected chi connectivity index (χ2v) is 3.93. The minimum Gasteiger partial charge on any atom is -0.258 e. The molecule has 0 aliphatic carbocycles. The van der Waals surface area contributed by atoms with Crippen LogP contribution in [0.25, 0.3) is 0 Å². The molecule has 0 atom stereocenters. The number of nitro groups is 1. The van der Waals surface area contributed by atoms with Gasteiger partial charge in [0.15, 0.2) is 0 Å². The van der Waals surface area contributed by atoms with Gasteiger partial charge in [0, 0.05) is 17.0 Å². The van der Waals surface area contributed by atoms with Crippen molar-refractivity contribution in [1.82, 2.24) is 0 Å². The van der Waals surface area contributed by atoms with Crippen LogP contribution in [0.5, 0.6) is 0 Å². The van der Waals surface area contributed by atoms with Gasteiger partial charge in [-0.05, 0) is 17.8 Å². The molecule has 0 bridgehead atoms. The highest BCUT2D eigenvalue weighted by Crippen LogP contribution is 2.41. The smallest absolute Gasteiger partial charge is 0.258 e. The zero-order valence-electron chi connectivity index (χ0n) is 6.92. The normalized spacial score (nSPS) is 11.5. The van der Waals surface area contributed by atoms with E-state index in [-0.39, 0.29) is 15.6 Å². The molecule has 0 aromatic heterocycles. The van der Waals surface area contributed by atoms with Crippen molar-refractivity contribution in [2.24, 2.45) is 0 Å². The highest BCUT2D eigenvalue weighted by molar-refractivity contribution is 8.00. The highest BCUT2D eigenvalue weighted by atomic mass is 35.5. The fourth-order valence-electron chi connectivity index (χ4n) is 0.811. The van der Waals surface area contributed by atoms with Gasteiger partial charge in [-0.25, -0.2) is 0 Å². The van der Waals surface area contributed by atoms with Crippen molar-refractivity contribution in [2.75, 3.05) is 0 Å². The number of non-ortho nitro benzene ring substituents is 1. The van der Waals surface area contributed by atoms with Gasteiger partial charge in [0.05, 0.1) is 9.95 Å². The predicted octanol–water partition coefficient (Wildman–Crippen LogP) is 3.86. The van der Waals surface area contributed by atoms with Crippen LogP contribution in [0.15, 0.2) is 23.1 Å². The SMILES string of the molecule is O=[N+]([O-])c1ccc(SC(F)(F)F)c(Cl)c1. The van der Waals surface area contributed by atoms with E-state index in [0.29, 0.717) is 0 Å². The molecule has 15 heavy (non-hydrogen) atoms. The van der Waals surface area contributed by atoms with E-state index < -0.39 is 22.2 Å². The third kappa shape index (κ3) is 3.60. The van der Waals surface area contributed by atoms with Gasteiger partial charge in [-0.3, -0.25) is 10.1 Å². The molecule has 0 heterocycles. The molecule has 0 spiro atoms. The Balaban J connectivity index is 2.99. The Morgan fingerprint density at radius 3 is 2.40 bits per heavy atom. The summed E-state index contributed by atoms with van der Waals surface area (Å²) in [5.41, 5.74) is -4.80. The van der Waals surface area contributed by atoms with Crippen molar-refractivity contribution >= 4 is 29.1 Å². The molecule has 0 saturated heterocycles. The maximum absolute atomic E-state index is 12.0. The zero-order chi connectivity index (χ0) is 11.6. The molecule has 0 N–H and O–H groups in total. The van der Waals surface area contributed by atoms with E-state index in [9.17, 15) is 23.3 Å². The Morgan fingerprint density at radius 2 is 2.00 bits per heavy atom. The van der Waals surface area contributed by atoms with Crippen molar-refractivity contribution in [2.45, 2.75) is 10.4 Å². The first kappa shape index (κ1) is 12.1. The van der Waals surface area contributed by atoms with Crippen LogP contribution in [0.4, 0.5) is 18.9 Å². The standard InChI is InChI=1S/C7H3ClF3NO2S/c8-5-3-4(12(13)14)1-2-6(5)15-7(9,10)11/h1-3H. The molecule has 0 amide bonds. The van der Waals surface area contributed by atoms with Crippen LogP contribution < -0.4 is 0 Å². The molecule has 0 fully saturated rings. The van der Waals surface area contributed by atoms with Crippen LogP contribution >= 0.6 is 23.4 Å². The number of benzene rings is 1. The van der Waals surface area contributed by atoms with Crippen molar-refractivity contribution in [1.29, 1.82) is 0 Å². The van der Waals surface area contributed by atoms with E-state index in [1.165, 1.54) is 0 Å². The van der Waals surface area contributed by atoms with Gasteiger partial charge in [0.1, 0.15) is 0 Å². The van der Waals surface area contributed by atoms with Crippen LogP contribution in [0.2, 0.25) is 5.02 Å². The third-order valence-corrected chi connectivity index (χ3v) is 2.58. The zero-order valence-corrected chi connectivity index (χ0v) is 8.49.